The number of carbonyl (C=O) groups excluding carboxylic acids is 1. The van der Waals surface area contributed by atoms with Crippen molar-refractivity contribution in [3.05, 3.63) is 34.9 Å². The van der Waals surface area contributed by atoms with Crippen LogP contribution in [0, 0.1) is 0 Å². The molecule has 2 aromatic rings. The number of aryl methyl sites for hydroxylation is 1. The van der Waals surface area contributed by atoms with Crippen molar-refractivity contribution in [2.45, 2.75) is 25.9 Å². The first kappa shape index (κ1) is 16.2. The summed E-state index contributed by atoms with van der Waals surface area (Å²) in [5.74, 6) is -0.137. The second kappa shape index (κ2) is 7.06. The van der Waals surface area contributed by atoms with Gasteiger partial charge in [-0.25, -0.2) is 9.48 Å². The maximum Gasteiger partial charge on any atom is 0.350 e. The molecule has 8 heteroatoms. The molecule has 0 spiro atoms. The Morgan fingerprint density at radius 1 is 1.50 bits per heavy atom. The molecule has 7 nitrogen and oxygen atoms in total. The maximum absolute atomic E-state index is 11.9. The smallest absolute Gasteiger partial charge is 0.350 e. The molecule has 0 bridgehead atoms. The molecule has 20 heavy (non-hydrogen) atoms. The van der Waals surface area contributed by atoms with Crippen molar-refractivity contribution in [3.63, 3.8) is 0 Å². The van der Waals surface area contributed by atoms with Crippen LogP contribution in [0.4, 0.5) is 0 Å². The van der Waals surface area contributed by atoms with E-state index >= 15 is 0 Å². The average molecular weight is 300 g/mol. The Hall–Kier alpha value is -1.86. The first-order valence-corrected chi connectivity index (χ1v) is 6.15. The van der Waals surface area contributed by atoms with Gasteiger partial charge in [0.15, 0.2) is 5.65 Å². The van der Waals surface area contributed by atoms with Crippen molar-refractivity contribution in [3.8, 4) is 0 Å². The first-order chi connectivity index (χ1) is 9.11. The standard InChI is InChI=1S/C12H17N5O2.ClH/c1-9(8-13)14-11(18)5-7-17-12(19)16-6-3-2-4-10(16)15-17;/h2-4,6,9H,5,7-8,13H2,1H3,(H,14,18);1H/t9-;/m0./s1. The summed E-state index contributed by atoms with van der Waals surface area (Å²) in [5, 5.41) is 6.89. The van der Waals surface area contributed by atoms with Gasteiger partial charge < -0.3 is 11.1 Å². The number of hydrogen-bond acceptors (Lipinski definition) is 4. The Kier molecular flexibility index (Phi) is 5.72. The number of nitrogens with two attached hydrogens (primary N) is 1. The Morgan fingerprint density at radius 3 is 2.90 bits per heavy atom. The summed E-state index contributed by atoms with van der Waals surface area (Å²) < 4.78 is 2.74. The van der Waals surface area contributed by atoms with Gasteiger partial charge in [0, 0.05) is 25.2 Å². The Morgan fingerprint density at radius 2 is 2.25 bits per heavy atom. The largest absolute Gasteiger partial charge is 0.352 e. The molecule has 2 aromatic heterocycles. The van der Waals surface area contributed by atoms with Gasteiger partial charge in [-0.1, -0.05) is 6.07 Å². The third kappa shape index (κ3) is 3.58. The Balaban J connectivity index is 0.00000200. The fraction of sp³-hybridized carbons (Fsp3) is 0.417. The van der Waals surface area contributed by atoms with E-state index in [1.165, 1.54) is 9.08 Å². The number of halogens is 1. The van der Waals surface area contributed by atoms with Crippen molar-refractivity contribution in [1.29, 1.82) is 0 Å². The summed E-state index contributed by atoms with van der Waals surface area (Å²) in [5.41, 5.74) is 5.75. The van der Waals surface area contributed by atoms with Crippen LogP contribution in [0.3, 0.4) is 0 Å². The summed E-state index contributed by atoms with van der Waals surface area (Å²) in [6, 6.07) is 5.25. The maximum atomic E-state index is 11.9. The minimum absolute atomic E-state index is 0. The monoisotopic (exact) mass is 299 g/mol. The van der Waals surface area contributed by atoms with Gasteiger partial charge in [-0.2, -0.15) is 0 Å². The molecule has 110 valence electrons. The number of pyridine rings is 1. The molecule has 2 rings (SSSR count). The molecule has 0 saturated carbocycles. The lowest BCUT2D eigenvalue weighted by molar-refractivity contribution is -0.121. The molecule has 1 amide bonds. The fourth-order valence-corrected chi connectivity index (χ4v) is 1.73. The number of amides is 1. The molecule has 3 N–H and O–H groups in total. The number of hydrogen-bond donors (Lipinski definition) is 2. The van der Waals surface area contributed by atoms with Crippen molar-refractivity contribution in [2.24, 2.45) is 5.73 Å². The van der Waals surface area contributed by atoms with Crippen LogP contribution in [0.25, 0.3) is 5.65 Å². The van der Waals surface area contributed by atoms with E-state index in [9.17, 15) is 9.59 Å². The average Bonchev–Trinajstić information content (AvgIpc) is 2.73. The Bertz CT molecular complexity index is 636. The third-order valence-electron chi connectivity index (χ3n) is 2.80. The second-order valence-electron chi connectivity index (χ2n) is 4.39. The van der Waals surface area contributed by atoms with Gasteiger partial charge in [0.25, 0.3) is 0 Å². The number of carbonyl (C=O) groups is 1. The molecule has 0 aliphatic heterocycles. The number of nitrogens with one attached hydrogen (secondary N) is 1. The minimum Gasteiger partial charge on any atom is -0.352 e. The van der Waals surface area contributed by atoms with Crippen LogP contribution >= 0.6 is 12.4 Å². The first-order valence-electron chi connectivity index (χ1n) is 6.15. The van der Waals surface area contributed by atoms with Crippen LogP contribution in [0.5, 0.6) is 0 Å². The summed E-state index contributed by atoms with van der Waals surface area (Å²) in [4.78, 5) is 23.5. The van der Waals surface area contributed by atoms with Crippen LogP contribution in [-0.2, 0) is 11.3 Å². The van der Waals surface area contributed by atoms with E-state index in [0.29, 0.717) is 12.2 Å². The summed E-state index contributed by atoms with van der Waals surface area (Å²) in [7, 11) is 0. The van der Waals surface area contributed by atoms with Crippen LogP contribution in [-0.4, -0.2) is 32.7 Å². The number of aromatic nitrogens is 3. The van der Waals surface area contributed by atoms with E-state index in [1.807, 2.05) is 13.0 Å². The predicted octanol–water partition coefficient (Wildman–Crippen LogP) is -0.229. The number of rotatable bonds is 5. The molecule has 0 aliphatic carbocycles. The van der Waals surface area contributed by atoms with Crippen LogP contribution < -0.4 is 16.7 Å². The van der Waals surface area contributed by atoms with Gasteiger partial charge in [-0.05, 0) is 19.1 Å². The number of fused-ring (bicyclic) bond motifs is 1. The molecule has 1 atom stereocenters. The third-order valence-corrected chi connectivity index (χ3v) is 2.80. The van der Waals surface area contributed by atoms with E-state index in [4.69, 9.17) is 5.73 Å². The highest BCUT2D eigenvalue weighted by atomic mass is 35.5. The van der Waals surface area contributed by atoms with Gasteiger partial charge in [0.05, 0.1) is 6.54 Å². The van der Waals surface area contributed by atoms with Gasteiger partial charge in [-0.15, -0.1) is 17.5 Å². The summed E-state index contributed by atoms with van der Waals surface area (Å²) >= 11 is 0. The van der Waals surface area contributed by atoms with Crippen LogP contribution in [0.2, 0.25) is 0 Å². The topological polar surface area (TPSA) is 94.4 Å². The van der Waals surface area contributed by atoms with Gasteiger partial charge in [0.2, 0.25) is 5.91 Å². The molecule has 0 saturated heterocycles. The zero-order chi connectivity index (χ0) is 13.8. The molecule has 0 aliphatic rings. The lowest BCUT2D eigenvalue weighted by atomic mass is 10.3. The van der Waals surface area contributed by atoms with Crippen molar-refractivity contribution in [1.82, 2.24) is 19.5 Å². The molecule has 0 aromatic carbocycles. The van der Waals surface area contributed by atoms with Crippen molar-refractivity contribution in [2.75, 3.05) is 6.54 Å². The normalized spacial score (nSPS) is 11.9. The van der Waals surface area contributed by atoms with Gasteiger partial charge in [-0.3, -0.25) is 9.20 Å². The Labute approximate surface area is 122 Å². The fourth-order valence-electron chi connectivity index (χ4n) is 1.73. The predicted molar refractivity (Wildman–Crippen MR) is 78.0 cm³/mol. The van der Waals surface area contributed by atoms with E-state index in [-0.39, 0.29) is 43.0 Å². The molecule has 0 unspecified atom stereocenters. The van der Waals surface area contributed by atoms with Crippen LogP contribution in [0.1, 0.15) is 13.3 Å². The number of nitrogens with zero attached hydrogens (tertiary/aromatic N) is 3. The summed E-state index contributed by atoms with van der Waals surface area (Å²) in [6.45, 7) is 2.47. The highest BCUT2D eigenvalue weighted by Gasteiger charge is 2.09. The summed E-state index contributed by atoms with van der Waals surface area (Å²) in [6.07, 6.45) is 1.85. The molecule has 0 fully saturated rings. The SMILES string of the molecule is C[C@@H](CN)NC(=O)CCn1nc2ccccn2c1=O.Cl. The minimum atomic E-state index is -0.240. The van der Waals surface area contributed by atoms with E-state index in [0.717, 1.165) is 0 Å². The molecule has 2 heterocycles. The van der Waals surface area contributed by atoms with Gasteiger partial charge in [0.1, 0.15) is 0 Å². The van der Waals surface area contributed by atoms with E-state index in [1.54, 1.807) is 18.3 Å². The van der Waals surface area contributed by atoms with Crippen molar-refractivity contribution < 1.29 is 4.79 Å². The van der Waals surface area contributed by atoms with E-state index < -0.39 is 0 Å². The molecular formula is C12H18ClN5O2. The highest BCUT2D eigenvalue weighted by molar-refractivity contribution is 5.85. The zero-order valence-corrected chi connectivity index (χ0v) is 12.0. The van der Waals surface area contributed by atoms with Gasteiger partial charge >= 0.3 is 5.69 Å². The molecular weight excluding hydrogens is 282 g/mol. The van der Waals surface area contributed by atoms with Crippen LogP contribution in [0.15, 0.2) is 29.2 Å². The molecule has 0 radical (unpaired) electrons. The quantitative estimate of drug-likeness (QED) is 0.797. The second-order valence-corrected chi connectivity index (χ2v) is 4.39. The highest BCUT2D eigenvalue weighted by Crippen LogP contribution is 1.96. The van der Waals surface area contributed by atoms with Crippen molar-refractivity contribution >= 4 is 24.0 Å². The zero-order valence-electron chi connectivity index (χ0n) is 11.2. The lowest BCUT2D eigenvalue weighted by Gasteiger charge is -2.10. The van der Waals surface area contributed by atoms with E-state index in [2.05, 4.69) is 10.4 Å². The lowest BCUT2D eigenvalue weighted by Crippen LogP contribution is -2.38.